The Morgan fingerprint density at radius 2 is 2.10 bits per heavy atom. The summed E-state index contributed by atoms with van der Waals surface area (Å²) in [6, 6.07) is 5.38. The van der Waals surface area contributed by atoms with Crippen molar-refractivity contribution in [1.29, 1.82) is 0 Å². The number of benzene rings is 1. The summed E-state index contributed by atoms with van der Waals surface area (Å²) in [5, 5.41) is 1.22. The van der Waals surface area contributed by atoms with E-state index in [1.54, 1.807) is 30.5 Å². The highest BCUT2D eigenvalue weighted by molar-refractivity contribution is 6.35. The van der Waals surface area contributed by atoms with Crippen LogP contribution in [0.2, 0.25) is 10.0 Å². The molecule has 0 aliphatic carbocycles. The molecule has 106 valence electrons. The quantitative estimate of drug-likeness (QED) is 0.679. The minimum Gasteiger partial charge on any atom is -0.366 e. The van der Waals surface area contributed by atoms with Crippen LogP contribution in [0, 0.1) is 0 Å². The van der Waals surface area contributed by atoms with Gasteiger partial charge in [0.2, 0.25) is 5.91 Å². The monoisotopic (exact) mass is 330 g/mol. The van der Waals surface area contributed by atoms with Crippen molar-refractivity contribution < 1.29 is 4.79 Å². The Bertz CT molecular complexity index is 584. The fourth-order valence-electron chi connectivity index (χ4n) is 1.89. The summed E-state index contributed by atoms with van der Waals surface area (Å²) in [6.07, 6.45) is 5.72. The van der Waals surface area contributed by atoms with Gasteiger partial charge in [-0.25, -0.2) is 0 Å². The van der Waals surface area contributed by atoms with Gasteiger partial charge in [0.25, 0.3) is 0 Å². The van der Waals surface area contributed by atoms with Crippen molar-refractivity contribution in [3.63, 3.8) is 0 Å². The van der Waals surface area contributed by atoms with Crippen LogP contribution >= 0.6 is 34.8 Å². The van der Waals surface area contributed by atoms with E-state index in [2.05, 4.69) is 0 Å². The lowest BCUT2D eigenvalue weighted by Crippen LogP contribution is -2.31. The molecule has 20 heavy (non-hydrogen) atoms. The van der Waals surface area contributed by atoms with E-state index in [9.17, 15) is 4.79 Å². The van der Waals surface area contributed by atoms with Crippen molar-refractivity contribution in [1.82, 2.24) is 4.90 Å². The maximum absolute atomic E-state index is 11.2. The summed E-state index contributed by atoms with van der Waals surface area (Å²) in [4.78, 5) is 13.0. The lowest BCUT2D eigenvalue weighted by atomic mass is 10.1. The number of carbonyl (C=O) groups excluding carboxylic acids is 1. The van der Waals surface area contributed by atoms with E-state index in [1.165, 1.54) is 0 Å². The van der Waals surface area contributed by atoms with Crippen LogP contribution in [0.5, 0.6) is 0 Å². The largest absolute Gasteiger partial charge is 0.366 e. The summed E-state index contributed by atoms with van der Waals surface area (Å²) in [7, 11) is 0. The van der Waals surface area contributed by atoms with Gasteiger partial charge in [-0.05, 0) is 36.3 Å². The Morgan fingerprint density at radius 1 is 1.35 bits per heavy atom. The molecule has 1 amide bonds. The van der Waals surface area contributed by atoms with E-state index >= 15 is 0 Å². The van der Waals surface area contributed by atoms with Gasteiger partial charge in [-0.15, -0.1) is 0 Å². The molecule has 0 saturated carbocycles. The van der Waals surface area contributed by atoms with Gasteiger partial charge in [0, 0.05) is 22.8 Å². The normalized spacial score (nSPS) is 18.1. The molecule has 1 atom stereocenters. The predicted molar refractivity (Wildman–Crippen MR) is 82.9 cm³/mol. The third-order valence-corrected chi connectivity index (χ3v) is 3.98. The number of hydrogen-bond donors (Lipinski definition) is 1. The van der Waals surface area contributed by atoms with E-state index in [0.717, 1.165) is 5.56 Å². The Morgan fingerprint density at radius 3 is 2.75 bits per heavy atom. The first-order chi connectivity index (χ1) is 9.47. The van der Waals surface area contributed by atoms with Crippen molar-refractivity contribution in [3.05, 3.63) is 57.7 Å². The van der Waals surface area contributed by atoms with Gasteiger partial charge >= 0.3 is 0 Å². The van der Waals surface area contributed by atoms with Crippen molar-refractivity contribution in [2.75, 3.05) is 6.54 Å². The number of primary amides is 1. The number of carbonyl (C=O) groups is 1. The molecule has 0 aromatic heterocycles. The van der Waals surface area contributed by atoms with Gasteiger partial charge in [0.15, 0.2) is 0 Å². The molecular weight excluding hydrogens is 319 g/mol. The molecule has 0 spiro atoms. The van der Waals surface area contributed by atoms with Crippen LogP contribution in [-0.4, -0.2) is 22.9 Å². The molecule has 2 rings (SSSR count). The Kier molecular flexibility index (Phi) is 4.97. The second-order valence-corrected chi connectivity index (χ2v) is 5.69. The molecule has 1 aromatic carbocycles. The van der Waals surface area contributed by atoms with Crippen LogP contribution in [0.1, 0.15) is 5.56 Å². The summed E-state index contributed by atoms with van der Waals surface area (Å²) >= 11 is 18.2. The Labute approximate surface area is 132 Å². The molecule has 6 heteroatoms. The average molecular weight is 332 g/mol. The van der Waals surface area contributed by atoms with Crippen molar-refractivity contribution in [2.45, 2.75) is 11.9 Å². The molecule has 0 radical (unpaired) electrons. The van der Waals surface area contributed by atoms with Gasteiger partial charge in [0.1, 0.15) is 5.50 Å². The highest BCUT2D eigenvalue weighted by Crippen LogP contribution is 2.23. The second kappa shape index (κ2) is 6.53. The maximum atomic E-state index is 11.2. The van der Waals surface area contributed by atoms with Crippen LogP contribution < -0.4 is 5.73 Å². The molecule has 1 aliphatic rings. The number of hydrogen-bond acceptors (Lipinski definition) is 2. The number of alkyl halides is 1. The van der Waals surface area contributed by atoms with Crippen LogP contribution in [0.4, 0.5) is 0 Å². The molecule has 1 unspecified atom stereocenters. The average Bonchev–Trinajstić information content (AvgIpc) is 2.39. The van der Waals surface area contributed by atoms with Gasteiger partial charge in [0.05, 0.1) is 5.57 Å². The smallest absolute Gasteiger partial charge is 0.250 e. The molecule has 1 aromatic rings. The molecule has 1 heterocycles. The third-order valence-electron chi connectivity index (χ3n) is 3.00. The first-order valence-electron chi connectivity index (χ1n) is 6.01. The second-order valence-electron chi connectivity index (χ2n) is 4.40. The zero-order valence-electron chi connectivity index (χ0n) is 10.5. The Balaban J connectivity index is 2.06. The van der Waals surface area contributed by atoms with E-state index in [-0.39, 0.29) is 5.50 Å². The lowest BCUT2D eigenvalue weighted by molar-refractivity contribution is -0.114. The number of nitrogens with zero attached hydrogens (tertiary/aromatic N) is 1. The molecule has 0 saturated heterocycles. The zero-order chi connectivity index (χ0) is 14.7. The van der Waals surface area contributed by atoms with Gasteiger partial charge in [-0.1, -0.05) is 40.9 Å². The highest BCUT2D eigenvalue weighted by Gasteiger charge is 2.17. The van der Waals surface area contributed by atoms with E-state index < -0.39 is 5.91 Å². The standard InChI is InChI=1S/C14H13Cl3N2O/c15-11-3-1-9(12(16)7-11)5-6-19-8-10(14(18)20)2-4-13(19)17/h1-4,7-8,13H,5-6H2,(H2,18,20). The predicted octanol–water partition coefficient (Wildman–Crippen LogP) is 3.34. The first kappa shape index (κ1) is 15.2. The van der Waals surface area contributed by atoms with Gasteiger partial charge < -0.3 is 10.6 Å². The van der Waals surface area contributed by atoms with Crippen LogP contribution in [0.25, 0.3) is 0 Å². The molecule has 0 fully saturated rings. The van der Waals surface area contributed by atoms with Crippen molar-refractivity contribution in [3.8, 4) is 0 Å². The molecule has 1 aliphatic heterocycles. The summed E-state index contributed by atoms with van der Waals surface area (Å²) in [6.45, 7) is 0.622. The molecule has 3 nitrogen and oxygen atoms in total. The number of nitrogens with two attached hydrogens (primary N) is 1. The number of amides is 1. The molecule has 2 N–H and O–H groups in total. The summed E-state index contributed by atoms with van der Waals surface area (Å²) < 4.78 is 0. The third kappa shape index (κ3) is 3.69. The number of rotatable bonds is 4. The zero-order valence-corrected chi connectivity index (χ0v) is 12.8. The van der Waals surface area contributed by atoms with Crippen molar-refractivity contribution >= 4 is 40.7 Å². The van der Waals surface area contributed by atoms with Gasteiger partial charge in [-0.2, -0.15) is 0 Å². The SMILES string of the molecule is NC(=O)C1=CN(CCc2ccc(Cl)cc2Cl)C(Cl)C=C1. The first-order valence-corrected chi connectivity index (χ1v) is 7.20. The minimum atomic E-state index is -0.473. The topological polar surface area (TPSA) is 46.3 Å². The number of halogens is 3. The highest BCUT2D eigenvalue weighted by atomic mass is 35.5. The maximum Gasteiger partial charge on any atom is 0.250 e. The summed E-state index contributed by atoms with van der Waals surface area (Å²) in [5.74, 6) is -0.473. The molecular formula is C14H13Cl3N2O. The lowest BCUT2D eigenvalue weighted by Gasteiger charge is -2.27. The van der Waals surface area contributed by atoms with E-state index in [1.807, 2.05) is 11.0 Å². The fraction of sp³-hybridized carbons (Fsp3) is 0.214. The van der Waals surface area contributed by atoms with E-state index in [4.69, 9.17) is 40.5 Å². The molecule has 0 bridgehead atoms. The van der Waals surface area contributed by atoms with Gasteiger partial charge in [-0.3, -0.25) is 4.79 Å². The minimum absolute atomic E-state index is 0.302. The van der Waals surface area contributed by atoms with Crippen molar-refractivity contribution in [2.24, 2.45) is 5.73 Å². The van der Waals surface area contributed by atoms with Crippen LogP contribution in [0.15, 0.2) is 42.1 Å². The summed E-state index contributed by atoms with van der Waals surface area (Å²) in [5.41, 5.74) is 6.37. The van der Waals surface area contributed by atoms with E-state index in [0.29, 0.717) is 28.6 Å². The fourth-order valence-corrected chi connectivity index (χ4v) is 2.62. The Hall–Kier alpha value is -1.16. The van der Waals surface area contributed by atoms with Crippen LogP contribution in [0.3, 0.4) is 0 Å². The van der Waals surface area contributed by atoms with Crippen LogP contribution in [-0.2, 0) is 11.2 Å².